The topological polar surface area (TPSA) is 32.3 Å². The molecule has 4 rings (SSSR count). The lowest BCUT2D eigenvalue weighted by Gasteiger charge is -2.21. The molecule has 0 aromatic heterocycles. The molecule has 0 unspecified atom stereocenters. The van der Waals surface area contributed by atoms with Crippen LogP contribution in [-0.4, -0.2) is 18.5 Å². The van der Waals surface area contributed by atoms with Crippen LogP contribution in [0.25, 0.3) is 0 Å². The van der Waals surface area contributed by atoms with Crippen molar-refractivity contribution in [1.29, 1.82) is 0 Å². The summed E-state index contributed by atoms with van der Waals surface area (Å²) in [5.74, 6) is 2.04. The number of rotatable bonds is 5. The maximum absolute atomic E-state index is 11.9. The average Bonchev–Trinajstić information content (AvgIpc) is 3.35. The van der Waals surface area contributed by atoms with Gasteiger partial charge in [-0.15, -0.1) is 0 Å². The van der Waals surface area contributed by atoms with Crippen molar-refractivity contribution in [2.24, 2.45) is 11.8 Å². The van der Waals surface area contributed by atoms with E-state index in [2.05, 4.69) is 29.6 Å². The molecule has 3 fully saturated rings. The fraction of sp³-hybridized carbons (Fsp3) is 0.588. The molecule has 0 spiro atoms. The number of benzene rings is 1. The second kappa shape index (κ2) is 4.80. The summed E-state index contributed by atoms with van der Waals surface area (Å²) in [6.45, 7) is 0.872. The maximum atomic E-state index is 11.9. The molecule has 3 nitrogen and oxygen atoms in total. The Bertz CT molecular complexity index is 507. The highest BCUT2D eigenvalue weighted by Gasteiger charge is 2.41. The van der Waals surface area contributed by atoms with Crippen LogP contribution in [0.3, 0.4) is 0 Å². The van der Waals surface area contributed by atoms with Crippen LogP contribution in [-0.2, 0) is 4.79 Å². The minimum atomic E-state index is 0.267. The normalized spacial score (nSPS) is 22.6. The van der Waals surface area contributed by atoms with Gasteiger partial charge >= 0.3 is 0 Å². The Morgan fingerprint density at radius 3 is 2.50 bits per heavy atom. The van der Waals surface area contributed by atoms with E-state index in [9.17, 15) is 4.79 Å². The van der Waals surface area contributed by atoms with Crippen molar-refractivity contribution in [3.05, 3.63) is 24.3 Å². The third-order valence-electron chi connectivity index (χ3n) is 4.82. The summed E-state index contributed by atoms with van der Waals surface area (Å²) in [6, 6.07) is 9.08. The molecular formula is C17H22N2O. The molecule has 3 aliphatic rings. The lowest BCUT2D eigenvalue weighted by Crippen LogP contribution is -2.25. The zero-order chi connectivity index (χ0) is 13.5. The molecule has 1 amide bonds. The van der Waals surface area contributed by atoms with Gasteiger partial charge in [0.1, 0.15) is 0 Å². The van der Waals surface area contributed by atoms with Crippen LogP contribution in [0.4, 0.5) is 11.4 Å². The van der Waals surface area contributed by atoms with Crippen molar-refractivity contribution in [2.45, 2.75) is 44.6 Å². The standard InChI is InChI=1S/C17H22N2O/c20-16-5-2-10-19(16)15-4-1-3-14(11-15)18-17(12-6-7-12)13-8-9-13/h1,3-4,11-13,17-18H,2,5-10H2. The monoisotopic (exact) mass is 270 g/mol. The van der Waals surface area contributed by atoms with Crippen molar-refractivity contribution >= 4 is 17.3 Å². The van der Waals surface area contributed by atoms with Gasteiger partial charge in [0.2, 0.25) is 5.91 Å². The molecule has 3 heteroatoms. The summed E-state index contributed by atoms with van der Waals surface area (Å²) in [5, 5.41) is 3.74. The van der Waals surface area contributed by atoms with Crippen molar-refractivity contribution in [3.8, 4) is 0 Å². The molecule has 20 heavy (non-hydrogen) atoms. The maximum Gasteiger partial charge on any atom is 0.227 e. The van der Waals surface area contributed by atoms with Crippen LogP contribution in [0.15, 0.2) is 24.3 Å². The smallest absolute Gasteiger partial charge is 0.227 e. The molecule has 0 atom stereocenters. The van der Waals surface area contributed by atoms with E-state index in [4.69, 9.17) is 0 Å². The molecule has 0 bridgehead atoms. The van der Waals surface area contributed by atoms with Crippen LogP contribution in [0, 0.1) is 11.8 Å². The van der Waals surface area contributed by atoms with E-state index in [1.165, 1.54) is 31.4 Å². The van der Waals surface area contributed by atoms with Crippen LogP contribution >= 0.6 is 0 Å². The molecule has 2 aliphatic carbocycles. The van der Waals surface area contributed by atoms with E-state index in [-0.39, 0.29) is 5.91 Å². The molecule has 1 saturated heterocycles. The summed E-state index contributed by atoms with van der Waals surface area (Å²) < 4.78 is 0. The first-order valence-corrected chi connectivity index (χ1v) is 7.98. The highest BCUT2D eigenvalue weighted by atomic mass is 16.2. The highest BCUT2D eigenvalue weighted by Crippen LogP contribution is 2.46. The van der Waals surface area contributed by atoms with E-state index < -0.39 is 0 Å². The fourth-order valence-corrected chi connectivity index (χ4v) is 3.41. The summed E-state index contributed by atoms with van der Waals surface area (Å²) in [6.07, 6.45) is 7.24. The van der Waals surface area contributed by atoms with Crippen molar-refractivity contribution in [2.75, 3.05) is 16.8 Å². The molecule has 2 saturated carbocycles. The lowest BCUT2D eigenvalue weighted by atomic mass is 10.1. The Balaban J connectivity index is 1.51. The molecule has 1 heterocycles. The first-order valence-electron chi connectivity index (χ1n) is 7.98. The number of hydrogen-bond acceptors (Lipinski definition) is 2. The van der Waals surface area contributed by atoms with E-state index in [1.54, 1.807) is 0 Å². The third kappa shape index (κ3) is 2.41. The van der Waals surface area contributed by atoms with E-state index in [1.807, 2.05) is 4.90 Å². The van der Waals surface area contributed by atoms with E-state index in [0.717, 1.165) is 30.5 Å². The zero-order valence-electron chi connectivity index (χ0n) is 11.8. The van der Waals surface area contributed by atoms with Gasteiger partial charge in [0.15, 0.2) is 0 Å². The third-order valence-corrected chi connectivity index (χ3v) is 4.82. The predicted octanol–water partition coefficient (Wildman–Crippen LogP) is 3.41. The van der Waals surface area contributed by atoms with Crippen LogP contribution < -0.4 is 10.2 Å². The number of hydrogen-bond donors (Lipinski definition) is 1. The minimum absolute atomic E-state index is 0.267. The number of amides is 1. The van der Waals surface area contributed by atoms with Crippen molar-refractivity contribution in [1.82, 2.24) is 0 Å². The summed E-state index contributed by atoms with van der Waals surface area (Å²) in [5.41, 5.74) is 2.24. The van der Waals surface area contributed by atoms with E-state index >= 15 is 0 Å². The van der Waals surface area contributed by atoms with Crippen molar-refractivity contribution < 1.29 is 4.79 Å². The van der Waals surface area contributed by atoms with Crippen LogP contribution in [0.1, 0.15) is 38.5 Å². The second-order valence-corrected chi connectivity index (χ2v) is 6.54. The zero-order valence-corrected chi connectivity index (χ0v) is 11.8. The van der Waals surface area contributed by atoms with Gasteiger partial charge in [-0.05, 0) is 62.1 Å². The van der Waals surface area contributed by atoms with Gasteiger partial charge < -0.3 is 10.2 Å². The number of carbonyl (C=O) groups is 1. The summed E-state index contributed by atoms with van der Waals surface area (Å²) in [4.78, 5) is 13.8. The number of nitrogens with one attached hydrogen (secondary N) is 1. The SMILES string of the molecule is O=C1CCCN1c1cccc(NC(C2CC2)C2CC2)c1. The Labute approximate surface area is 120 Å². The Morgan fingerprint density at radius 2 is 1.90 bits per heavy atom. The average molecular weight is 270 g/mol. The Kier molecular flexibility index (Phi) is 2.94. The lowest BCUT2D eigenvalue weighted by molar-refractivity contribution is -0.117. The Morgan fingerprint density at radius 1 is 1.15 bits per heavy atom. The van der Waals surface area contributed by atoms with Gasteiger partial charge in [0.25, 0.3) is 0 Å². The summed E-state index contributed by atoms with van der Waals surface area (Å²) >= 11 is 0. The summed E-state index contributed by atoms with van der Waals surface area (Å²) in [7, 11) is 0. The highest BCUT2D eigenvalue weighted by molar-refractivity contribution is 5.95. The van der Waals surface area contributed by atoms with Crippen LogP contribution in [0.5, 0.6) is 0 Å². The van der Waals surface area contributed by atoms with Crippen molar-refractivity contribution in [3.63, 3.8) is 0 Å². The van der Waals surface area contributed by atoms with Crippen LogP contribution in [0.2, 0.25) is 0 Å². The van der Waals surface area contributed by atoms with Gasteiger partial charge in [0.05, 0.1) is 0 Å². The Hall–Kier alpha value is -1.51. The van der Waals surface area contributed by atoms with Gasteiger partial charge in [-0.3, -0.25) is 4.79 Å². The molecule has 1 aliphatic heterocycles. The van der Waals surface area contributed by atoms with E-state index in [0.29, 0.717) is 12.5 Å². The molecular weight excluding hydrogens is 248 g/mol. The molecule has 1 N–H and O–H groups in total. The van der Waals surface area contributed by atoms with Gasteiger partial charge in [0, 0.05) is 30.4 Å². The molecule has 1 aromatic rings. The number of nitrogens with zero attached hydrogens (tertiary/aromatic N) is 1. The molecule has 106 valence electrons. The molecule has 1 aromatic carbocycles. The van der Waals surface area contributed by atoms with Gasteiger partial charge in [-0.2, -0.15) is 0 Å². The number of anilines is 2. The first kappa shape index (κ1) is 12.2. The predicted molar refractivity (Wildman–Crippen MR) is 80.9 cm³/mol. The second-order valence-electron chi connectivity index (χ2n) is 6.54. The molecule has 0 radical (unpaired) electrons. The van der Waals surface area contributed by atoms with Gasteiger partial charge in [-0.25, -0.2) is 0 Å². The fourth-order valence-electron chi connectivity index (χ4n) is 3.41. The minimum Gasteiger partial charge on any atom is -0.382 e. The quantitative estimate of drug-likeness (QED) is 0.889. The number of carbonyl (C=O) groups excluding carboxylic acids is 1. The van der Waals surface area contributed by atoms with Gasteiger partial charge in [-0.1, -0.05) is 6.07 Å². The largest absolute Gasteiger partial charge is 0.382 e. The first-order chi connectivity index (χ1) is 9.81.